The minimum absolute atomic E-state index is 0.209. The van der Waals surface area contributed by atoms with Crippen molar-refractivity contribution in [3.05, 3.63) is 65.2 Å². The summed E-state index contributed by atoms with van der Waals surface area (Å²) in [6.45, 7) is 0.547. The summed E-state index contributed by atoms with van der Waals surface area (Å²) in [4.78, 5) is 12.3. The average molecular weight is 336 g/mol. The van der Waals surface area contributed by atoms with Gasteiger partial charge < -0.3 is 15.2 Å². The van der Waals surface area contributed by atoms with Crippen LogP contribution >= 0.6 is 0 Å². The fourth-order valence-electron chi connectivity index (χ4n) is 2.76. The normalized spacial score (nSPS) is 14.9. The third kappa shape index (κ3) is 4.17. The first-order valence-electron chi connectivity index (χ1n) is 8.31. The number of carbonyl (C=O) groups excluding carboxylic acids is 1. The molecule has 1 fully saturated rings. The van der Waals surface area contributed by atoms with E-state index in [4.69, 9.17) is 10.00 Å². The number of nitrogens with one attached hydrogen (secondary N) is 1. The molecule has 2 aromatic rings. The van der Waals surface area contributed by atoms with Gasteiger partial charge in [0.25, 0.3) is 5.91 Å². The Morgan fingerprint density at radius 3 is 2.76 bits per heavy atom. The Labute approximate surface area is 146 Å². The van der Waals surface area contributed by atoms with Crippen LogP contribution in [-0.4, -0.2) is 23.2 Å². The van der Waals surface area contributed by atoms with Crippen molar-refractivity contribution >= 4 is 5.91 Å². The second-order valence-electron chi connectivity index (χ2n) is 6.36. The molecule has 5 heteroatoms. The molecule has 0 heterocycles. The van der Waals surface area contributed by atoms with E-state index in [2.05, 4.69) is 11.4 Å². The van der Waals surface area contributed by atoms with Crippen molar-refractivity contribution < 1.29 is 14.6 Å². The van der Waals surface area contributed by atoms with Gasteiger partial charge in [0.15, 0.2) is 0 Å². The number of hydrogen-bond donors (Lipinski definition) is 2. The van der Waals surface area contributed by atoms with E-state index < -0.39 is 5.60 Å². The lowest BCUT2D eigenvalue weighted by molar-refractivity contribution is -0.0300. The molecule has 1 saturated carbocycles. The summed E-state index contributed by atoms with van der Waals surface area (Å²) in [7, 11) is 0. The van der Waals surface area contributed by atoms with Crippen LogP contribution < -0.4 is 10.1 Å². The molecule has 0 bridgehead atoms. The van der Waals surface area contributed by atoms with E-state index >= 15 is 0 Å². The number of ether oxygens (including phenoxy) is 1. The Bertz CT molecular complexity index is 807. The number of rotatable bonds is 6. The number of amides is 1. The predicted octanol–water partition coefficient (Wildman–Crippen LogP) is 2.78. The molecular formula is C20H20N2O3. The maximum absolute atomic E-state index is 12.3. The van der Waals surface area contributed by atoms with Crippen LogP contribution in [0.4, 0.5) is 0 Å². The Morgan fingerprint density at radius 1 is 1.24 bits per heavy atom. The van der Waals surface area contributed by atoms with Gasteiger partial charge in [-0.15, -0.1) is 0 Å². The van der Waals surface area contributed by atoms with E-state index in [0.717, 1.165) is 24.8 Å². The highest BCUT2D eigenvalue weighted by Crippen LogP contribution is 2.30. The van der Waals surface area contributed by atoms with Crippen molar-refractivity contribution in [2.24, 2.45) is 0 Å². The SMILES string of the molecule is N#Cc1ccccc1OCc1cccc(C(=O)NCC2(O)CCC2)c1. The third-order valence-electron chi connectivity index (χ3n) is 4.45. The second kappa shape index (κ2) is 7.37. The van der Waals surface area contributed by atoms with Crippen LogP contribution in [0.5, 0.6) is 5.75 Å². The van der Waals surface area contributed by atoms with E-state index in [1.165, 1.54) is 0 Å². The fourth-order valence-corrected chi connectivity index (χ4v) is 2.76. The van der Waals surface area contributed by atoms with Crippen LogP contribution in [0, 0.1) is 11.3 Å². The lowest BCUT2D eigenvalue weighted by Gasteiger charge is -2.36. The van der Waals surface area contributed by atoms with Gasteiger partial charge in [-0.2, -0.15) is 5.26 Å². The third-order valence-corrected chi connectivity index (χ3v) is 4.45. The summed E-state index contributed by atoms with van der Waals surface area (Å²) in [6, 6.07) is 16.3. The molecule has 128 valence electrons. The molecule has 0 radical (unpaired) electrons. The van der Waals surface area contributed by atoms with Gasteiger partial charge in [-0.3, -0.25) is 4.79 Å². The number of para-hydroxylation sites is 1. The summed E-state index contributed by atoms with van der Waals surface area (Å²) < 4.78 is 5.70. The van der Waals surface area contributed by atoms with Gasteiger partial charge in [0.2, 0.25) is 0 Å². The largest absolute Gasteiger partial charge is 0.488 e. The Morgan fingerprint density at radius 2 is 2.04 bits per heavy atom. The zero-order valence-electron chi connectivity index (χ0n) is 13.9. The molecule has 5 nitrogen and oxygen atoms in total. The number of hydrogen-bond acceptors (Lipinski definition) is 4. The van der Waals surface area contributed by atoms with Crippen LogP contribution in [-0.2, 0) is 6.61 Å². The summed E-state index contributed by atoms with van der Waals surface area (Å²) in [6.07, 6.45) is 2.47. The van der Waals surface area contributed by atoms with Gasteiger partial charge in [0.1, 0.15) is 18.4 Å². The molecular weight excluding hydrogens is 316 g/mol. The molecule has 0 saturated heterocycles. The number of nitriles is 1. The van der Waals surface area contributed by atoms with E-state index in [9.17, 15) is 9.90 Å². The number of benzene rings is 2. The Balaban J connectivity index is 1.61. The molecule has 1 aliphatic rings. The zero-order chi connectivity index (χ0) is 17.7. The van der Waals surface area contributed by atoms with Gasteiger partial charge in [-0.05, 0) is 49.1 Å². The molecule has 25 heavy (non-hydrogen) atoms. The highest BCUT2D eigenvalue weighted by atomic mass is 16.5. The summed E-state index contributed by atoms with van der Waals surface area (Å²) in [5, 5.41) is 21.9. The first kappa shape index (κ1) is 17.0. The van der Waals surface area contributed by atoms with Gasteiger partial charge in [0, 0.05) is 12.1 Å². The van der Waals surface area contributed by atoms with Crippen LogP contribution in [0.15, 0.2) is 48.5 Å². The molecule has 3 rings (SSSR count). The van der Waals surface area contributed by atoms with E-state index in [-0.39, 0.29) is 19.1 Å². The van der Waals surface area contributed by atoms with E-state index in [0.29, 0.717) is 16.9 Å². The van der Waals surface area contributed by atoms with E-state index in [1.807, 2.05) is 12.1 Å². The van der Waals surface area contributed by atoms with E-state index in [1.54, 1.807) is 36.4 Å². The molecule has 0 aromatic heterocycles. The van der Waals surface area contributed by atoms with Gasteiger partial charge in [-0.1, -0.05) is 24.3 Å². The number of carbonyl (C=O) groups is 1. The number of nitrogens with zero attached hydrogens (tertiary/aromatic N) is 1. The second-order valence-corrected chi connectivity index (χ2v) is 6.36. The first-order valence-corrected chi connectivity index (χ1v) is 8.31. The fraction of sp³-hybridized carbons (Fsp3) is 0.300. The molecule has 0 spiro atoms. The summed E-state index contributed by atoms with van der Waals surface area (Å²) in [5.41, 5.74) is 1.10. The van der Waals surface area contributed by atoms with Crippen LogP contribution in [0.3, 0.4) is 0 Å². The lowest BCUT2D eigenvalue weighted by Crippen LogP contribution is -2.47. The molecule has 2 N–H and O–H groups in total. The maximum Gasteiger partial charge on any atom is 0.251 e. The zero-order valence-corrected chi connectivity index (χ0v) is 13.9. The van der Waals surface area contributed by atoms with Crippen molar-refractivity contribution in [3.8, 4) is 11.8 Å². The predicted molar refractivity (Wildman–Crippen MR) is 93.1 cm³/mol. The number of aliphatic hydroxyl groups is 1. The van der Waals surface area contributed by atoms with Crippen molar-refractivity contribution in [2.75, 3.05) is 6.54 Å². The topological polar surface area (TPSA) is 82.3 Å². The lowest BCUT2D eigenvalue weighted by atomic mass is 9.80. The maximum atomic E-state index is 12.3. The molecule has 0 atom stereocenters. The first-order chi connectivity index (χ1) is 12.1. The smallest absolute Gasteiger partial charge is 0.251 e. The van der Waals surface area contributed by atoms with Crippen LogP contribution in [0.1, 0.15) is 40.7 Å². The minimum atomic E-state index is -0.739. The van der Waals surface area contributed by atoms with Crippen LogP contribution in [0.2, 0.25) is 0 Å². The van der Waals surface area contributed by atoms with Crippen molar-refractivity contribution in [3.63, 3.8) is 0 Å². The Kier molecular flexibility index (Phi) is 5.01. The van der Waals surface area contributed by atoms with Crippen molar-refractivity contribution in [1.29, 1.82) is 5.26 Å². The van der Waals surface area contributed by atoms with Crippen LogP contribution in [0.25, 0.3) is 0 Å². The molecule has 0 aliphatic heterocycles. The molecule has 1 amide bonds. The van der Waals surface area contributed by atoms with Gasteiger partial charge >= 0.3 is 0 Å². The van der Waals surface area contributed by atoms with Crippen molar-refractivity contribution in [1.82, 2.24) is 5.32 Å². The molecule has 0 unspecified atom stereocenters. The van der Waals surface area contributed by atoms with Gasteiger partial charge in [-0.25, -0.2) is 0 Å². The standard InChI is InChI=1S/C20H20N2O3/c21-12-17-6-1-2-8-18(17)25-13-15-5-3-7-16(11-15)19(23)22-14-20(24)9-4-10-20/h1-3,5-8,11,24H,4,9-10,13-14H2,(H,22,23). The highest BCUT2D eigenvalue weighted by molar-refractivity contribution is 5.94. The Hall–Kier alpha value is -2.84. The summed E-state index contributed by atoms with van der Waals surface area (Å²) in [5.74, 6) is 0.312. The molecule has 1 aliphatic carbocycles. The van der Waals surface area contributed by atoms with Crippen molar-refractivity contribution in [2.45, 2.75) is 31.5 Å². The summed E-state index contributed by atoms with van der Waals surface area (Å²) >= 11 is 0. The minimum Gasteiger partial charge on any atom is -0.488 e. The highest BCUT2D eigenvalue weighted by Gasteiger charge is 2.34. The average Bonchev–Trinajstić information content (AvgIpc) is 2.63. The monoisotopic (exact) mass is 336 g/mol. The van der Waals surface area contributed by atoms with Gasteiger partial charge in [0.05, 0.1) is 11.2 Å². The quantitative estimate of drug-likeness (QED) is 0.850. The molecule has 2 aromatic carbocycles.